The van der Waals surface area contributed by atoms with Gasteiger partial charge in [0, 0.05) is 49.3 Å². The van der Waals surface area contributed by atoms with Crippen LogP contribution in [0.2, 0.25) is 0 Å². The van der Waals surface area contributed by atoms with Crippen molar-refractivity contribution < 1.29 is 4.42 Å². The van der Waals surface area contributed by atoms with Gasteiger partial charge in [0.05, 0.1) is 22.1 Å². The molecule has 10 rings (SSSR count). The van der Waals surface area contributed by atoms with Gasteiger partial charge in [-0.05, 0) is 66.2 Å². The smallest absolute Gasteiger partial charge is 0.136 e. The van der Waals surface area contributed by atoms with Gasteiger partial charge in [-0.15, -0.1) is 0 Å². The zero-order valence-electron chi connectivity index (χ0n) is 24.3. The summed E-state index contributed by atoms with van der Waals surface area (Å²) in [7, 11) is 0. The summed E-state index contributed by atoms with van der Waals surface area (Å²) >= 11 is 0. The number of hydrogen-bond donors (Lipinski definition) is 0. The molecule has 45 heavy (non-hydrogen) atoms. The molecule has 0 N–H and O–H groups in total. The van der Waals surface area contributed by atoms with Crippen LogP contribution in [0.25, 0.3) is 88.1 Å². The van der Waals surface area contributed by atoms with Crippen molar-refractivity contribution >= 4 is 65.6 Å². The SMILES string of the molecule is c1ccc(-n2c3ccccc3c3c4c5cccc(-c6ccc7c(c6)oc6ccccc67)c5n(-c5ccccc5)c4ccc32)cc1. The highest BCUT2D eigenvalue weighted by Crippen LogP contribution is 2.45. The topological polar surface area (TPSA) is 23.0 Å². The molecule has 0 aliphatic heterocycles. The third-order valence-corrected chi connectivity index (χ3v) is 9.30. The molecule has 7 aromatic carbocycles. The molecule has 3 nitrogen and oxygen atoms in total. The molecule has 0 spiro atoms. The second-order valence-corrected chi connectivity index (χ2v) is 11.7. The van der Waals surface area contributed by atoms with Crippen molar-refractivity contribution in [3.05, 3.63) is 158 Å². The van der Waals surface area contributed by atoms with Gasteiger partial charge in [-0.25, -0.2) is 0 Å². The number of nitrogens with zero attached hydrogens (tertiary/aromatic N) is 2. The maximum absolute atomic E-state index is 6.34. The summed E-state index contributed by atoms with van der Waals surface area (Å²) in [6, 6.07) is 56.4. The molecule has 0 saturated heterocycles. The van der Waals surface area contributed by atoms with Gasteiger partial charge in [0.1, 0.15) is 11.2 Å². The number of furan rings is 1. The molecule has 0 unspecified atom stereocenters. The normalized spacial score (nSPS) is 12.0. The molecule has 3 heterocycles. The fraction of sp³-hybridized carbons (Fsp3) is 0. The summed E-state index contributed by atoms with van der Waals surface area (Å²) in [6.07, 6.45) is 0. The summed E-state index contributed by atoms with van der Waals surface area (Å²) in [6.45, 7) is 0. The Bertz CT molecular complexity index is 2740. The van der Waals surface area contributed by atoms with Gasteiger partial charge in [0.15, 0.2) is 0 Å². The van der Waals surface area contributed by atoms with Crippen LogP contribution in [0, 0.1) is 0 Å². The van der Waals surface area contributed by atoms with Crippen molar-refractivity contribution in [2.24, 2.45) is 0 Å². The van der Waals surface area contributed by atoms with Gasteiger partial charge in [-0.3, -0.25) is 0 Å². The van der Waals surface area contributed by atoms with Crippen molar-refractivity contribution in [2.45, 2.75) is 0 Å². The highest BCUT2D eigenvalue weighted by atomic mass is 16.3. The molecular weight excluding hydrogens is 548 g/mol. The summed E-state index contributed by atoms with van der Waals surface area (Å²) in [5, 5.41) is 7.31. The van der Waals surface area contributed by atoms with E-state index in [1.807, 2.05) is 12.1 Å². The number of rotatable bonds is 3. The standard InChI is InChI=1S/C42H26N2O/c1-3-12-28(13-4-1)43-35-20-9-7-17-33(35)40-36(43)24-25-37-41(40)34-19-11-18-30(42(34)44(37)29-14-5-2-6-15-29)27-22-23-32-31-16-8-10-21-38(31)45-39(32)26-27/h1-26H. The van der Waals surface area contributed by atoms with Crippen LogP contribution in [0.1, 0.15) is 0 Å². The van der Waals surface area contributed by atoms with Crippen LogP contribution in [-0.2, 0) is 0 Å². The summed E-state index contributed by atoms with van der Waals surface area (Å²) in [5.74, 6) is 0. The van der Waals surface area contributed by atoms with Crippen LogP contribution in [0.4, 0.5) is 0 Å². The number of para-hydroxylation sites is 5. The molecule has 0 aliphatic carbocycles. The van der Waals surface area contributed by atoms with E-state index in [2.05, 4.69) is 155 Å². The molecule has 0 atom stereocenters. The number of benzene rings is 7. The highest BCUT2D eigenvalue weighted by Gasteiger charge is 2.22. The highest BCUT2D eigenvalue weighted by molar-refractivity contribution is 6.30. The lowest BCUT2D eigenvalue weighted by molar-refractivity contribution is 0.669. The Hall–Kier alpha value is -6.06. The summed E-state index contributed by atoms with van der Waals surface area (Å²) in [4.78, 5) is 0. The first kappa shape index (κ1) is 24.4. The maximum Gasteiger partial charge on any atom is 0.136 e. The fourth-order valence-corrected chi connectivity index (χ4v) is 7.44. The first-order valence-electron chi connectivity index (χ1n) is 15.4. The van der Waals surface area contributed by atoms with E-state index in [1.54, 1.807) is 0 Å². The monoisotopic (exact) mass is 574 g/mol. The maximum atomic E-state index is 6.34. The van der Waals surface area contributed by atoms with Gasteiger partial charge in [-0.1, -0.05) is 97.1 Å². The van der Waals surface area contributed by atoms with Gasteiger partial charge >= 0.3 is 0 Å². The van der Waals surface area contributed by atoms with E-state index in [0.29, 0.717) is 0 Å². The van der Waals surface area contributed by atoms with Crippen LogP contribution in [0.15, 0.2) is 162 Å². The average molecular weight is 575 g/mol. The molecule has 10 aromatic rings. The van der Waals surface area contributed by atoms with E-state index >= 15 is 0 Å². The van der Waals surface area contributed by atoms with Crippen molar-refractivity contribution in [3.8, 4) is 22.5 Å². The van der Waals surface area contributed by atoms with Crippen molar-refractivity contribution in [2.75, 3.05) is 0 Å². The molecule has 0 radical (unpaired) electrons. The van der Waals surface area contributed by atoms with Crippen molar-refractivity contribution in [1.29, 1.82) is 0 Å². The molecule has 0 aliphatic rings. The van der Waals surface area contributed by atoms with E-state index in [9.17, 15) is 0 Å². The Kier molecular flexibility index (Phi) is 5.00. The Morgan fingerprint density at radius 1 is 0.378 bits per heavy atom. The summed E-state index contributed by atoms with van der Waals surface area (Å²) in [5.41, 5.74) is 11.2. The number of hydrogen-bond acceptors (Lipinski definition) is 1. The Morgan fingerprint density at radius 2 is 0.978 bits per heavy atom. The van der Waals surface area contributed by atoms with Crippen LogP contribution in [0.3, 0.4) is 0 Å². The van der Waals surface area contributed by atoms with E-state index < -0.39 is 0 Å². The second kappa shape index (κ2) is 9.22. The Balaban J connectivity index is 1.37. The average Bonchev–Trinajstić information content (AvgIpc) is 3.76. The summed E-state index contributed by atoms with van der Waals surface area (Å²) < 4.78 is 11.2. The molecule has 210 valence electrons. The lowest BCUT2D eigenvalue weighted by Crippen LogP contribution is -1.95. The molecule has 3 aromatic heterocycles. The van der Waals surface area contributed by atoms with Gasteiger partial charge in [-0.2, -0.15) is 0 Å². The molecule has 0 fully saturated rings. The van der Waals surface area contributed by atoms with Crippen LogP contribution >= 0.6 is 0 Å². The molecule has 0 bridgehead atoms. The molecule has 0 saturated carbocycles. The van der Waals surface area contributed by atoms with E-state index in [1.165, 1.54) is 49.2 Å². The minimum absolute atomic E-state index is 0.904. The second-order valence-electron chi connectivity index (χ2n) is 11.7. The minimum atomic E-state index is 0.904. The molecule has 0 amide bonds. The third kappa shape index (κ3) is 3.41. The minimum Gasteiger partial charge on any atom is -0.456 e. The van der Waals surface area contributed by atoms with Gasteiger partial charge in [0.25, 0.3) is 0 Å². The van der Waals surface area contributed by atoms with Gasteiger partial charge < -0.3 is 13.6 Å². The van der Waals surface area contributed by atoms with Crippen molar-refractivity contribution in [3.63, 3.8) is 0 Å². The quantitative estimate of drug-likeness (QED) is 0.206. The first-order valence-corrected chi connectivity index (χ1v) is 15.4. The Morgan fingerprint density at radius 3 is 1.78 bits per heavy atom. The van der Waals surface area contributed by atoms with E-state index in [0.717, 1.165) is 38.9 Å². The number of aromatic nitrogens is 2. The van der Waals surface area contributed by atoms with Gasteiger partial charge in [0.2, 0.25) is 0 Å². The molecular formula is C42H26N2O. The zero-order chi connectivity index (χ0) is 29.5. The fourth-order valence-electron chi connectivity index (χ4n) is 7.44. The zero-order valence-corrected chi connectivity index (χ0v) is 24.3. The Labute approximate surface area is 258 Å². The lowest BCUT2D eigenvalue weighted by Gasteiger charge is -2.12. The molecule has 3 heteroatoms. The van der Waals surface area contributed by atoms with E-state index in [4.69, 9.17) is 4.42 Å². The van der Waals surface area contributed by atoms with Crippen LogP contribution in [-0.4, -0.2) is 9.13 Å². The largest absolute Gasteiger partial charge is 0.456 e. The predicted octanol–water partition coefficient (Wildman–Crippen LogP) is 11.4. The lowest BCUT2D eigenvalue weighted by atomic mass is 9.99. The van der Waals surface area contributed by atoms with Crippen LogP contribution in [0.5, 0.6) is 0 Å². The third-order valence-electron chi connectivity index (χ3n) is 9.30. The van der Waals surface area contributed by atoms with E-state index in [-0.39, 0.29) is 0 Å². The number of fused-ring (bicyclic) bond motifs is 10. The predicted molar refractivity (Wildman–Crippen MR) is 188 cm³/mol. The first-order chi connectivity index (χ1) is 22.3. The van der Waals surface area contributed by atoms with Crippen molar-refractivity contribution in [1.82, 2.24) is 9.13 Å². The van der Waals surface area contributed by atoms with Crippen LogP contribution < -0.4 is 0 Å².